The number of hydrogen-bond acceptors (Lipinski definition) is 3. The molecule has 4 rings (SSSR count). The van der Waals surface area contributed by atoms with Crippen LogP contribution in [0.1, 0.15) is 40.0 Å². The van der Waals surface area contributed by atoms with Crippen molar-refractivity contribution in [1.82, 2.24) is 9.91 Å². The Bertz CT molecular complexity index is 1010. The van der Waals surface area contributed by atoms with Crippen LogP contribution in [0.4, 0.5) is 5.69 Å². The zero-order valence-electron chi connectivity index (χ0n) is 18.4. The largest absolute Gasteiger partial charge is 0.349 e. The fraction of sp³-hybridized carbons (Fsp3) is 0.308. The lowest BCUT2D eigenvalue weighted by Crippen LogP contribution is -2.47. The number of rotatable bonds is 5. The van der Waals surface area contributed by atoms with Crippen LogP contribution < -0.4 is 5.01 Å². The Hall–Kier alpha value is -3.34. The van der Waals surface area contributed by atoms with Gasteiger partial charge in [-0.1, -0.05) is 55.8 Å². The number of nitrogens with zero attached hydrogens (tertiary/aromatic N) is 3. The van der Waals surface area contributed by atoms with E-state index in [1.165, 1.54) is 5.01 Å². The van der Waals surface area contributed by atoms with E-state index in [1.807, 2.05) is 80.6 Å². The molecule has 5 heteroatoms. The number of carbonyl (C=O) groups is 2. The van der Waals surface area contributed by atoms with Crippen molar-refractivity contribution in [1.29, 1.82) is 0 Å². The number of benzene rings is 1. The fourth-order valence-corrected chi connectivity index (χ4v) is 4.35. The van der Waals surface area contributed by atoms with Gasteiger partial charge in [-0.2, -0.15) is 0 Å². The first-order valence-corrected chi connectivity index (χ1v) is 11.0. The summed E-state index contributed by atoms with van der Waals surface area (Å²) < 4.78 is 0. The van der Waals surface area contributed by atoms with Crippen molar-refractivity contribution in [2.75, 3.05) is 11.6 Å². The Labute approximate surface area is 184 Å². The monoisotopic (exact) mass is 415 g/mol. The fourth-order valence-electron chi connectivity index (χ4n) is 4.35. The molecule has 1 unspecified atom stereocenters. The first kappa shape index (κ1) is 20.9. The van der Waals surface area contributed by atoms with Gasteiger partial charge in [-0.05, 0) is 56.5 Å². The quantitative estimate of drug-likeness (QED) is 0.508. The first-order chi connectivity index (χ1) is 15.0. The van der Waals surface area contributed by atoms with Gasteiger partial charge in [-0.3, -0.25) is 9.59 Å². The van der Waals surface area contributed by atoms with E-state index in [0.29, 0.717) is 17.7 Å². The molecule has 3 aliphatic rings. The lowest BCUT2D eigenvalue weighted by molar-refractivity contribution is -0.126. The Morgan fingerprint density at radius 3 is 2.29 bits per heavy atom. The van der Waals surface area contributed by atoms with Crippen molar-refractivity contribution in [2.24, 2.45) is 0 Å². The van der Waals surface area contributed by atoms with Crippen molar-refractivity contribution in [2.45, 2.75) is 46.1 Å². The minimum Gasteiger partial charge on any atom is -0.349 e. The van der Waals surface area contributed by atoms with Gasteiger partial charge in [0.2, 0.25) is 0 Å². The van der Waals surface area contributed by atoms with E-state index in [9.17, 15) is 9.59 Å². The molecular formula is C26H29N3O2. The van der Waals surface area contributed by atoms with Crippen molar-refractivity contribution in [3.63, 3.8) is 0 Å². The maximum atomic E-state index is 13.6. The van der Waals surface area contributed by atoms with E-state index >= 15 is 0 Å². The highest BCUT2D eigenvalue weighted by molar-refractivity contribution is 6.30. The number of unbranched alkanes of at least 4 members (excludes halogenated alkanes) is 1. The van der Waals surface area contributed by atoms with Gasteiger partial charge >= 0.3 is 0 Å². The Morgan fingerprint density at radius 1 is 0.968 bits per heavy atom. The van der Waals surface area contributed by atoms with Crippen LogP contribution in [0.15, 0.2) is 89.3 Å². The molecule has 31 heavy (non-hydrogen) atoms. The molecule has 1 aromatic rings. The van der Waals surface area contributed by atoms with E-state index in [4.69, 9.17) is 0 Å². The average molecular weight is 416 g/mol. The third-order valence-electron chi connectivity index (χ3n) is 5.92. The van der Waals surface area contributed by atoms with Crippen LogP contribution >= 0.6 is 0 Å². The molecule has 0 aromatic heterocycles. The molecule has 2 heterocycles. The third kappa shape index (κ3) is 3.88. The summed E-state index contributed by atoms with van der Waals surface area (Å²) in [6.45, 7) is 7.19. The molecule has 1 fully saturated rings. The summed E-state index contributed by atoms with van der Waals surface area (Å²) in [6.07, 6.45) is 14.7. The molecule has 0 radical (unpaired) electrons. The summed E-state index contributed by atoms with van der Waals surface area (Å²) in [5.74, 6) is -0.520. The molecular weight excluding hydrogens is 386 g/mol. The minimum absolute atomic E-state index is 0.195. The number of para-hydroxylation sites is 1. The van der Waals surface area contributed by atoms with Gasteiger partial charge in [-0.15, -0.1) is 0 Å². The molecule has 0 N–H and O–H groups in total. The van der Waals surface area contributed by atoms with Gasteiger partial charge in [0.25, 0.3) is 11.8 Å². The number of hydrogen-bond donors (Lipinski definition) is 0. The second-order valence-electron chi connectivity index (χ2n) is 8.13. The second kappa shape index (κ2) is 8.80. The molecule has 1 aliphatic carbocycles. The van der Waals surface area contributed by atoms with Gasteiger partial charge in [0.05, 0.1) is 11.7 Å². The number of carbonyl (C=O) groups excluding carboxylic acids is 2. The van der Waals surface area contributed by atoms with Crippen LogP contribution in [0.5, 0.6) is 0 Å². The van der Waals surface area contributed by atoms with Gasteiger partial charge in [0.1, 0.15) is 5.57 Å². The van der Waals surface area contributed by atoms with Crippen LogP contribution in [0.25, 0.3) is 0 Å². The number of allylic oxidation sites excluding steroid dienone is 7. The zero-order valence-corrected chi connectivity index (χ0v) is 18.4. The molecule has 2 aliphatic heterocycles. The van der Waals surface area contributed by atoms with Crippen LogP contribution in [0.3, 0.4) is 0 Å². The maximum absolute atomic E-state index is 13.6. The van der Waals surface area contributed by atoms with Gasteiger partial charge in [-0.25, -0.2) is 10.0 Å². The molecule has 160 valence electrons. The minimum atomic E-state index is -0.274. The Balaban J connectivity index is 1.78. The smallest absolute Gasteiger partial charge is 0.283 e. The summed E-state index contributed by atoms with van der Waals surface area (Å²) in [6, 6.07) is 9.21. The predicted octanol–water partition coefficient (Wildman–Crippen LogP) is 4.88. The molecule has 5 nitrogen and oxygen atoms in total. The molecule has 1 saturated heterocycles. The van der Waals surface area contributed by atoms with Crippen molar-refractivity contribution in [3.8, 4) is 0 Å². The standard InChI is InChI=1S/C26H29N3O2/c1-4-5-16-27-19(2)17-21(18-20(27)3)24-25(30)28(22-12-8-6-9-13-22)29(26(24)31)23-14-10-7-11-15-23/h6-14,17-18,23H,4-5,15-16H2,1-3H3. The van der Waals surface area contributed by atoms with Crippen LogP contribution in [-0.2, 0) is 9.59 Å². The molecule has 0 saturated carbocycles. The van der Waals surface area contributed by atoms with E-state index in [2.05, 4.69) is 11.8 Å². The van der Waals surface area contributed by atoms with Crippen molar-refractivity contribution in [3.05, 3.63) is 89.3 Å². The maximum Gasteiger partial charge on any atom is 0.283 e. The van der Waals surface area contributed by atoms with Crippen LogP contribution in [0.2, 0.25) is 0 Å². The number of hydrazine groups is 1. The van der Waals surface area contributed by atoms with E-state index in [1.54, 1.807) is 5.01 Å². The summed E-state index contributed by atoms with van der Waals surface area (Å²) >= 11 is 0. The Morgan fingerprint density at radius 2 is 1.68 bits per heavy atom. The van der Waals surface area contributed by atoms with Gasteiger partial charge < -0.3 is 4.90 Å². The molecule has 2 amide bonds. The lowest BCUT2D eigenvalue weighted by atomic mass is 10.0. The Kier molecular flexibility index (Phi) is 5.94. The molecule has 0 spiro atoms. The topological polar surface area (TPSA) is 43.9 Å². The summed E-state index contributed by atoms with van der Waals surface area (Å²) in [7, 11) is 0. The number of anilines is 1. The molecule has 1 aromatic carbocycles. The lowest BCUT2D eigenvalue weighted by Gasteiger charge is -2.33. The van der Waals surface area contributed by atoms with E-state index in [-0.39, 0.29) is 23.4 Å². The van der Waals surface area contributed by atoms with Crippen LogP contribution in [-0.4, -0.2) is 34.3 Å². The summed E-state index contributed by atoms with van der Waals surface area (Å²) in [5, 5.41) is 3.14. The van der Waals surface area contributed by atoms with Crippen molar-refractivity contribution >= 4 is 17.5 Å². The second-order valence-corrected chi connectivity index (χ2v) is 8.13. The van der Waals surface area contributed by atoms with E-state index < -0.39 is 0 Å². The normalized spacial score (nSPS) is 21.3. The summed E-state index contributed by atoms with van der Waals surface area (Å²) in [5.41, 5.74) is 3.74. The van der Waals surface area contributed by atoms with Crippen LogP contribution in [0, 0.1) is 0 Å². The zero-order chi connectivity index (χ0) is 22.0. The average Bonchev–Trinajstić information content (AvgIpc) is 3.04. The first-order valence-electron chi connectivity index (χ1n) is 11.0. The van der Waals surface area contributed by atoms with Crippen molar-refractivity contribution < 1.29 is 9.59 Å². The molecule has 0 bridgehead atoms. The number of amides is 2. The highest BCUT2D eigenvalue weighted by Gasteiger charge is 2.46. The highest BCUT2D eigenvalue weighted by Crippen LogP contribution is 2.34. The van der Waals surface area contributed by atoms with Gasteiger partial charge in [0.15, 0.2) is 0 Å². The highest BCUT2D eigenvalue weighted by atomic mass is 16.2. The van der Waals surface area contributed by atoms with Gasteiger partial charge in [0, 0.05) is 17.9 Å². The summed E-state index contributed by atoms with van der Waals surface area (Å²) in [4.78, 5) is 29.5. The predicted molar refractivity (Wildman–Crippen MR) is 124 cm³/mol. The van der Waals surface area contributed by atoms with E-state index in [0.717, 1.165) is 30.8 Å². The SMILES string of the molecule is CCCCN1C(C)=CC(=C2C(=O)N(c3ccccc3)N(C3C=CC=CC3)C2=O)C=C1C. The third-order valence-corrected chi connectivity index (χ3v) is 5.92. The molecule has 1 atom stereocenters.